The Balaban J connectivity index is 1.75. The van der Waals surface area contributed by atoms with Gasteiger partial charge < -0.3 is 10.0 Å². The number of benzene rings is 1. The zero-order chi connectivity index (χ0) is 23.1. The van der Waals surface area contributed by atoms with Gasteiger partial charge in [0.1, 0.15) is 0 Å². The van der Waals surface area contributed by atoms with E-state index in [0.717, 1.165) is 12.1 Å². The van der Waals surface area contributed by atoms with Gasteiger partial charge in [-0.2, -0.15) is 30.6 Å². The standard InChI is InChI=1S/C18H17F6N3O3S/c19-17(20,21)16(28,18(22,23)24)13-4-6-14(7-5-13)26-9-11-27(12-10-26)31(29,30)15-3-1-2-8-25-15/h1-8,28H,9-12H2. The molecule has 0 saturated carbocycles. The molecule has 1 aliphatic heterocycles. The van der Waals surface area contributed by atoms with E-state index in [-0.39, 0.29) is 31.2 Å². The molecule has 0 radical (unpaired) electrons. The van der Waals surface area contributed by atoms with Crippen LogP contribution >= 0.6 is 0 Å². The third-order valence-electron chi connectivity index (χ3n) is 4.95. The number of aliphatic hydroxyl groups is 1. The van der Waals surface area contributed by atoms with Gasteiger partial charge in [-0.3, -0.25) is 0 Å². The van der Waals surface area contributed by atoms with E-state index in [9.17, 15) is 39.9 Å². The van der Waals surface area contributed by atoms with Crippen LogP contribution in [0.2, 0.25) is 0 Å². The molecule has 0 bridgehead atoms. The molecule has 170 valence electrons. The van der Waals surface area contributed by atoms with E-state index in [0.29, 0.717) is 17.8 Å². The minimum absolute atomic E-state index is 0.0513. The molecule has 2 heterocycles. The number of piperazine rings is 1. The first-order valence-corrected chi connectivity index (χ1v) is 10.3. The number of aromatic nitrogens is 1. The molecule has 3 rings (SSSR count). The Morgan fingerprint density at radius 3 is 1.84 bits per heavy atom. The lowest BCUT2D eigenvalue weighted by molar-refractivity contribution is -0.376. The van der Waals surface area contributed by atoms with Crippen molar-refractivity contribution in [2.45, 2.75) is 23.0 Å². The Morgan fingerprint density at radius 1 is 0.839 bits per heavy atom. The monoisotopic (exact) mass is 469 g/mol. The first-order valence-electron chi connectivity index (χ1n) is 8.91. The Bertz CT molecular complexity index is 989. The van der Waals surface area contributed by atoms with Crippen molar-refractivity contribution in [1.29, 1.82) is 0 Å². The Hall–Kier alpha value is -2.38. The average Bonchev–Trinajstić information content (AvgIpc) is 2.72. The van der Waals surface area contributed by atoms with Crippen molar-refractivity contribution in [2.24, 2.45) is 0 Å². The first kappa shape index (κ1) is 23.3. The second-order valence-electron chi connectivity index (χ2n) is 6.81. The van der Waals surface area contributed by atoms with Crippen LogP contribution in [0.3, 0.4) is 0 Å². The maximum Gasteiger partial charge on any atom is 0.430 e. The second kappa shape index (κ2) is 7.95. The van der Waals surface area contributed by atoms with Gasteiger partial charge in [-0.15, -0.1) is 0 Å². The SMILES string of the molecule is O=S(=O)(c1ccccn1)N1CCN(c2ccc(C(O)(C(F)(F)F)C(F)(F)F)cc2)CC1. The molecule has 1 aliphatic rings. The number of alkyl halides is 6. The lowest BCUT2D eigenvalue weighted by Gasteiger charge is -2.36. The van der Waals surface area contributed by atoms with Crippen LogP contribution in [0.25, 0.3) is 0 Å². The van der Waals surface area contributed by atoms with Crippen LogP contribution in [0.4, 0.5) is 32.0 Å². The van der Waals surface area contributed by atoms with E-state index in [2.05, 4.69) is 4.98 Å². The number of halogens is 6. The molecule has 1 aromatic carbocycles. The highest BCUT2D eigenvalue weighted by molar-refractivity contribution is 7.89. The molecule has 6 nitrogen and oxygen atoms in total. The maximum atomic E-state index is 13.0. The summed E-state index contributed by atoms with van der Waals surface area (Å²) in [5.74, 6) is 0. The van der Waals surface area contributed by atoms with Gasteiger partial charge in [0.2, 0.25) is 0 Å². The van der Waals surface area contributed by atoms with Crippen LogP contribution < -0.4 is 4.90 Å². The number of hydrogen-bond donors (Lipinski definition) is 1. The molecule has 1 N–H and O–H groups in total. The Labute approximate surface area is 173 Å². The molecule has 0 atom stereocenters. The van der Waals surface area contributed by atoms with E-state index in [4.69, 9.17) is 0 Å². The van der Waals surface area contributed by atoms with E-state index in [1.165, 1.54) is 22.6 Å². The van der Waals surface area contributed by atoms with Gasteiger partial charge in [-0.1, -0.05) is 18.2 Å². The molecule has 0 unspecified atom stereocenters. The number of sulfonamides is 1. The molecule has 13 heteroatoms. The molecular formula is C18H17F6N3O3S. The molecule has 0 aliphatic carbocycles. The van der Waals surface area contributed by atoms with Gasteiger partial charge >= 0.3 is 12.4 Å². The fraction of sp³-hybridized carbons (Fsp3) is 0.389. The van der Waals surface area contributed by atoms with Gasteiger partial charge in [0, 0.05) is 43.6 Å². The molecule has 0 amide bonds. The number of anilines is 1. The van der Waals surface area contributed by atoms with E-state index in [1.807, 2.05) is 0 Å². The van der Waals surface area contributed by atoms with Crippen LogP contribution in [0.1, 0.15) is 5.56 Å². The van der Waals surface area contributed by atoms with Gasteiger partial charge in [0.25, 0.3) is 15.6 Å². The quantitative estimate of drug-likeness (QED) is 0.698. The summed E-state index contributed by atoms with van der Waals surface area (Å²) in [6, 6.07) is 7.63. The summed E-state index contributed by atoms with van der Waals surface area (Å²) in [5.41, 5.74) is -6.05. The fourth-order valence-corrected chi connectivity index (χ4v) is 4.57. The smallest absolute Gasteiger partial charge is 0.369 e. The molecule has 1 fully saturated rings. The van der Waals surface area contributed by atoms with Crippen LogP contribution in [-0.2, 0) is 15.6 Å². The Kier molecular flexibility index (Phi) is 5.97. The van der Waals surface area contributed by atoms with Crippen molar-refractivity contribution in [3.8, 4) is 0 Å². The van der Waals surface area contributed by atoms with Crippen molar-refractivity contribution in [3.63, 3.8) is 0 Å². The number of pyridine rings is 1. The topological polar surface area (TPSA) is 73.7 Å². The first-order chi connectivity index (χ1) is 14.3. The van der Waals surface area contributed by atoms with Gasteiger partial charge in [-0.25, -0.2) is 13.4 Å². The van der Waals surface area contributed by atoms with E-state index >= 15 is 0 Å². The third kappa shape index (κ3) is 4.21. The highest BCUT2D eigenvalue weighted by Gasteiger charge is 2.71. The lowest BCUT2D eigenvalue weighted by Crippen LogP contribution is -2.54. The normalized spacial score (nSPS) is 17.1. The van der Waals surface area contributed by atoms with Crippen molar-refractivity contribution < 1.29 is 39.9 Å². The highest BCUT2D eigenvalue weighted by Crippen LogP contribution is 2.50. The molecule has 1 aromatic heterocycles. The zero-order valence-corrected chi connectivity index (χ0v) is 16.5. The number of hydrogen-bond acceptors (Lipinski definition) is 5. The van der Waals surface area contributed by atoms with Gasteiger partial charge in [-0.05, 0) is 24.3 Å². The summed E-state index contributed by atoms with van der Waals surface area (Å²) in [4.78, 5) is 5.44. The maximum absolute atomic E-state index is 13.0. The molecule has 0 spiro atoms. The highest BCUT2D eigenvalue weighted by atomic mass is 32.2. The Morgan fingerprint density at radius 2 is 1.39 bits per heavy atom. The summed E-state index contributed by atoms with van der Waals surface area (Å²) in [6.07, 6.45) is -10.6. The zero-order valence-electron chi connectivity index (χ0n) is 15.7. The average molecular weight is 469 g/mol. The van der Waals surface area contributed by atoms with Crippen molar-refractivity contribution in [2.75, 3.05) is 31.1 Å². The fourth-order valence-electron chi connectivity index (χ4n) is 3.22. The van der Waals surface area contributed by atoms with Crippen LogP contribution in [0, 0.1) is 0 Å². The van der Waals surface area contributed by atoms with Gasteiger partial charge in [0.15, 0.2) is 5.03 Å². The molecular weight excluding hydrogens is 452 g/mol. The predicted molar refractivity (Wildman–Crippen MR) is 97.7 cm³/mol. The minimum atomic E-state index is -5.96. The molecule has 1 saturated heterocycles. The minimum Gasteiger partial charge on any atom is -0.369 e. The number of nitrogens with zero attached hydrogens (tertiary/aromatic N) is 3. The second-order valence-corrected chi connectivity index (χ2v) is 8.70. The largest absolute Gasteiger partial charge is 0.430 e. The third-order valence-corrected chi connectivity index (χ3v) is 6.77. The van der Waals surface area contributed by atoms with E-state index in [1.54, 1.807) is 11.0 Å². The van der Waals surface area contributed by atoms with Crippen LogP contribution in [0.5, 0.6) is 0 Å². The van der Waals surface area contributed by atoms with Crippen LogP contribution in [-0.4, -0.2) is 61.3 Å². The summed E-state index contributed by atoms with van der Waals surface area (Å²) >= 11 is 0. The lowest BCUT2D eigenvalue weighted by atomic mass is 9.92. The van der Waals surface area contributed by atoms with Gasteiger partial charge in [0.05, 0.1) is 0 Å². The summed E-state index contributed by atoms with van der Waals surface area (Å²) in [5, 5.41) is 9.33. The van der Waals surface area contributed by atoms with Crippen molar-refractivity contribution >= 4 is 15.7 Å². The summed E-state index contributed by atoms with van der Waals surface area (Å²) in [7, 11) is -3.81. The van der Waals surface area contributed by atoms with Crippen LogP contribution in [0.15, 0.2) is 53.7 Å². The molecule has 31 heavy (non-hydrogen) atoms. The number of rotatable bonds is 4. The summed E-state index contributed by atoms with van der Waals surface area (Å²) in [6.45, 7) is 0.424. The van der Waals surface area contributed by atoms with Crippen molar-refractivity contribution in [3.05, 3.63) is 54.2 Å². The predicted octanol–water partition coefficient (Wildman–Crippen LogP) is 2.90. The van der Waals surface area contributed by atoms with Crippen molar-refractivity contribution in [1.82, 2.24) is 9.29 Å². The summed E-state index contributed by atoms with van der Waals surface area (Å²) < 4.78 is 104. The molecule has 2 aromatic rings. The van der Waals surface area contributed by atoms with E-state index < -0.39 is 33.5 Å².